The normalized spacial score (nSPS) is 39.9. The van der Waals surface area contributed by atoms with E-state index in [4.69, 9.17) is 0 Å². The number of nitrogens with zero attached hydrogens (tertiary/aromatic N) is 1. The molecule has 6 aliphatic carbocycles. The van der Waals surface area contributed by atoms with Crippen molar-refractivity contribution < 1.29 is 0 Å². The molecule has 0 radical (unpaired) electrons. The first-order valence-corrected chi connectivity index (χ1v) is 22.9. The Morgan fingerprint density at radius 3 is 2.59 bits per heavy atom. The first-order chi connectivity index (χ1) is 26.6. The smallest absolute Gasteiger partial charge is 0.0635 e. The SMILES string of the molecule is CC12CCCC=C1C(C1C3C=CCCC3SC3CC(C4=CC=CCC4)C=CC31)C1C(C3=CC4C(C=C3)c3ccccc3N4c3ccccc3)=CC=CC1S2. The minimum Gasteiger partial charge on any atom is -0.333 e. The van der Waals surface area contributed by atoms with Crippen LogP contribution in [0.2, 0.25) is 0 Å². The molecular formula is C51H53NS2. The summed E-state index contributed by atoms with van der Waals surface area (Å²) in [6.45, 7) is 2.63. The van der Waals surface area contributed by atoms with Crippen LogP contribution in [0.15, 0.2) is 162 Å². The van der Waals surface area contributed by atoms with E-state index in [1.165, 1.54) is 73.9 Å². The number of allylic oxidation sites excluding steroid dienone is 14. The summed E-state index contributed by atoms with van der Waals surface area (Å²) in [6, 6.07) is 20.5. The lowest BCUT2D eigenvalue weighted by Gasteiger charge is -2.59. The molecular weight excluding hydrogens is 691 g/mol. The molecule has 2 aromatic rings. The highest BCUT2D eigenvalue weighted by atomic mass is 32.2. The number of thioether (sulfide) groups is 2. The molecule has 0 bridgehead atoms. The fourth-order valence-electron chi connectivity index (χ4n) is 12.4. The molecule has 3 heterocycles. The zero-order chi connectivity index (χ0) is 35.8. The van der Waals surface area contributed by atoms with Crippen LogP contribution in [-0.2, 0) is 0 Å². The first kappa shape index (κ1) is 33.9. The van der Waals surface area contributed by atoms with Crippen LogP contribution in [0.25, 0.3) is 0 Å². The van der Waals surface area contributed by atoms with Gasteiger partial charge in [-0.15, -0.1) is 11.8 Å². The number of hydrogen-bond donors (Lipinski definition) is 0. The molecule has 2 fully saturated rings. The maximum atomic E-state index is 2.77. The molecule has 3 aliphatic heterocycles. The quantitative estimate of drug-likeness (QED) is 0.287. The van der Waals surface area contributed by atoms with E-state index in [1.807, 2.05) is 5.57 Å². The van der Waals surface area contributed by atoms with Crippen molar-refractivity contribution in [2.24, 2.45) is 35.5 Å². The standard InChI is InChI=1S/C51H53NS2/c1-51-30-13-12-22-42(51)50(48-40-20-9-11-24-45(40)53-47-32-34(26-29-41(47)48)33-15-4-2-5-16-33)49-37(21-14-25-46(49)54-51)35-27-28-39-38-19-8-10-23-43(38)52(44(39)31-35)36-17-6-3-7-18-36/h2-4,6-10,14-15,17-23,25-29,31,34,39-41,44-50H,5,11-13,16,24,30,32H2,1H3. The van der Waals surface area contributed by atoms with Crippen LogP contribution in [0.5, 0.6) is 0 Å². The largest absolute Gasteiger partial charge is 0.333 e. The van der Waals surface area contributed by atoms with E-state index in [2.05, 4.69) is 175 Å². The van der Waals surface area contributed by atoms with E-state index >= 15 is 0 Å². The fraction of sp³-hybridized carbons (Fsp3) is 0.412. The number of anilines is 2. The van der Waals surface area contributed by atoms with Gasteiger partial charge < -0.3 is 4.90 Å². The van der Waals surface area contributed by atoms with Crippen LogP contribution >= 0.6 is 23.5 Å². The summed E-state index contributed by atoms with van der Waals surface area (Å²) in [6.07, 6.45) is 46.2. The summed E-state index contributed by atoms with van der Waals surface area (Å²) in [5.74, 6) is 3.85. The Morgan fingerprint density at radius 1 is 0.796 bits per heavy atom. The topological polar surface area (TPSA) is 3.24 Å². The molecule has 0 spiro atoms. The van der Waals surface area contributed by atoms with Gasteiger partial charge in [0.15, 0.2) is 0 Å². The minimum atomic E-state index is 0.212. The first-order valence-electron chi connectivity index (χ1n) is 21.1. The molecule has 11 rings (SSSR count). The maximum Gasteiger partial charge on any atom is 0.0635 e. The van der Waals surface area contributed by atoms with Gasteiger partial charge in [0.2, 0.25) is 0 Å². The van der Waals surface area contributed by atoms with E-state index in [0.29, 0.717) is 51.9 Å². The van der Waals surface area contributed by atoms with Crippen molar-refractivity contribution in [3.05, 3.63) is 168 Å². The molecule has 2 saturated heterocycles. The van der Waals surface area contributed by atoms with Gasteiger partial charge in [-0.3, -0.25) is 0 Å². The molecule has 0 N–H and O–H groups in total. The third kappa shape index (κ3) is 5.49. The Labute approximate surface area is 331 Å². The van der Waals surface area contributed by atoms with Crippen LogP contribution in [0, 0.1) is 35.5 Å². The lowest BCUT2D eigenvalue weighted by atomic mass is 9.56. The van der Waals surface area contributed by atoms with Gasteiger partial charge in [-0.1, -0.05) is 133 Å². The number of benzene rings is 2. The van der Waals surface area contributed by atoms with Gasteiger partial charge >= 0.3 is 0 Å². The van der Waals surface area contributed by atoms with Gasteiger partial charge in [0, 0.05) is 43.7 Å². The van der Waals surface area contributed by atoms with Crippen LogP contribution in [0.3, 0.4) is 0 Å². The van der Waals surface area contributed by atoms with E-state index in [1.54, 1.807) is 11.1 Å². The Balaban J connectivity index is 1.03. The van der Waals surface area contributed by atoms with Crippen molar-refractivity contribution in [1.82, 2.24) is 0 Å². The second-order valence-electron chi connectivity index (χ2n) is 17.6. The molecule has 274 valence electrons. The Kier molecular flexibility index (Phi) is 8.58. The molecule has 12 unspecified atom stereocenters. The van der Waals surface area contributed by atoms with Crippen molar-refractivity contribution in [3.8, 4) is 0 Å². The molecule has 1 nitrogen and oxygen atoms in total. The van der Waals surface area contributed by atoms with Crippen LogP contribution in [0.1, 0.15) is 69.8 Å². The Hall–Kier alpha value is -3.40. The van der Waals surface area contributed by atoms with E-state index in [0.717, 1.165) is 5.25 Å². The molecule has 3 heteroatoms. The Morgan fingerprint density at radius 2 is 1.69 bits per heavy atom. The van der Waals surface area contributed by atoms with Crippen LogP contribution in [0.4, 0.5) is 11.4 Å². The summed E-state index contributed by atoms with van der Waals surface area (Å²) in [5.41, 5.74) is 10.6. The molecule has 2 aromatic carbocycles. The molecule has 0 amide bonds. The number of rotatable bonds is 4. The van der Waals surface area contributed by atoms with Gasteiger partial charge in [-0.2, -0.15) is 11.8 Å². The second-order valence-corrected chi connectivity index (χ2v) is 20.7. The average Bonchev–Trinajstić information content (AvgIpc) is 3.55. The van der Waals surface area contributed by atoms with Crippen LogP contribution in [-0.4, -0.2) is 26.5 Å². The number of fused-ring (bicyclic) bond motifs is 7. The minimum absolute atomic E-state index is 0.212. The van der Waals surface area contributed by atoms with Gasteiger partial charge in [0.1, 0.15) is 0 Å². The summed E-state index contributed by atoms with van der Waals surface area (Å²) in [5, 5.41) is 1.92. The molecule has 0 aromatic heterocycles. The van der Waals surface area contributed by atoms with Gasteiger partial charge in [0.25, 0.3) is 0 Å². The lowest BCUT2D eigenvalue weighted by molar-refractivity contribution is 0.144. The predicted octanol–water partition coefficient (Wildman–Crippen LogP) is 13.0. The molecule has 12 atom stereocenters. The number of hydrogen-bond acceptors (Lipinski definition) is 3. The predicted molar refractivity (Wildman–Crippen MR) is 232 cm³/mol. The second kappa shape index (κ2) is 13.7. The monoisotopic (exact) mass is 743 g/mol. The van der Waals surface area contributed by atoms with Crippen molar-refractivity contribution >= 4 is 34.9 Å². The third-order valence-corrected chi connectivity index (χ3v) is 18.2. The van der Waals surface area contributed by atoms with Gasteiger partial charge in [-0.25, -0.2) is 0 Å². The summed E-state index contributed by atoms with van der Waals surface area (Å²) in [4.78, 5) is 2.62. The summed E-state index contributed by atoms with van der Waals surface area (Å²) in [7, 11) is 0. The molecule has 54 heavy (non-hydrogen) atoms. The number of para-hydroxylation sites is 2. The maximum absolute atomic E-state index is 2.77. The van der Waals surface area contributed by atoms with E-state index in [-0.39, 0.29) is 10.8 Å². The molecule has 0 saturated carbocycles. The van der Waals surface area contributed by atoms with Crippen molar-refractivity contribution in [1.29, 1.82) is 0 Å². The van der Waals surface area contributed by atoms with Crippen molar-refractivity contribution in [2.75, 3.05) is 4.90 Å². The third-order valence-electron chi connectivity index (χ3n) is 14.7. The van der Waals surface area contributed by atoms with E-state index < -0.39 is 0 Å². The summed E-state index contributed by atoms with van der Waals surface area (Å²) < 4.78 is 0.212. The highest BCUT2D eigenvalue weighted by molar-refractivity contribution is 8.01. The van der Waals surface area contributed by atoms with E-state index in [9.17, 15) is 0 Å². The highest BCUT2D eigenvalue weighted by Gasteiger charge is 2.58. The lowest BCUT2D eigenvalue weighted by Crippen LogP contribution is -2.54. The Bertz CT molecular complexity index is 2090. The van der Waals surface area contributed by atoms with Gasteiger partial charge in [-0.05, 0) is 123 Å². The zero-order valence-corrected chi connectivity index (χ0v) is 33.2. The van der Waals surface area contributed by atoms with Crippen LogP contribution < -0.4 is 4.90 Å². The van der Waals surface area contributed by atoms with Crippen molar-refractivity contribution in [3.63, 3.8) is 0 Å². The highest BCUT2D eigenvalue weighted by Crippen LogP contribution is 2.65. The molecule has 9 aliphatic rings. The van der Waals surface area contributed by atoms with Crippen molar-refractivity contribution in [2.45, 2.75) is 90.7 Å². The average molecular weight is 744 g/mol. The fourth-order valence-corrected chi connectivity index (χ4v) is 16.2. The zero-order valence-electron chi connectivity index (χ0n) is 31.6. The summed E-state index contributed by atoms with van der Waals surface area (Å²) >= 11 is 4.70. The van der Waals surface area contributed by atoms with Gasteiger partial charge in [0.05, 0.1) is 6.04 Å².